The maximum absolute atomic E-state index is 10.8. The van der Waals surface area contributed by atoms with Crippen molar-refractivity contribution >= 4 is 11.9 Å². The van der Waals surface area contributed by atoms with Gasteiger partial charge >= 0.3 is 5.97 Å². The molecule has 0 spiro atoms. The standard InChI is InChI=1S/C8H15NO2.C3H5NO/c1-6(2)7(10)11-5-8(3,4)9;1-2-3(4)5/h1,5,9H2,2-4H3;2H,1H2,(H2,4,5). The highest BCUT2D eigenvalue weighted by molar-refractivity contribution is 5.87. The van der Waals surface area contributed by atoms with Crippen molar-refractivity contribution < 1.29 is 14.3 Å². The first-order chi connectivity index (χ1) is 7.10. The quantitative estimate of drug-likeness (QED) is 0.541. The average Bonchev–Trinajstić information content (AvgIpc) is 2.13. The molecule has 0 aliphatic heterocycles. The van der Waals surface area contributed by atoms with Crippen molar-refractivity contribution in [1.82, 2.24) is 0 Å². The van der Waals surface area contributed by atoms with E-state index >= 15 is 0 Å². The van der Waals surface area contributed by atoms with Crippen LogP contribution in [0.1, 0.15) is 20.8 Å². The molecule has 0 aliphatic carbocycles. The summed E-state index contributed by atoms with van der Waals surface area (Å²) in [4.78, 5) is 20.3. The summed E-state index contributed by atoms with van der Waals surface area (Å²) in [5.41, 5.74) is 10.0. The molecule has 16 heavy (non-hydrogen) atoms. The molecule has 0 atom stereocenters. The van der Waals surface area contributed by atoms with Crippen LogP contribution in [0.25, 0.3) is 0 Å². The molecule has 0 unspecified atom stereocenters. The van der Waals surface area contributed by atoms with E-state index in [1.54, 1.807) is 20.8 Å². The molecule has 0 saturated heterocycles. The summed E-state index contributed by atoms with van der Waals surface area (Å²) < 4.78 is 4.80. The number of carbonyl (C=O) groups excluding carboxylic acids is 2. The molecule has 0 aromatic carbocycles. The summed E-state index contributed by atoms with van der Waals surface area (Å²) >= 11 is 0. The summed E-state index contributed by atoms with van der Waals surface area (Å²) in [7, 11) is 0. The van der Waals surface area contributed by atoms with E-state index in [4.69, 9.17) is 10.5 Å². The SMILES string of the molecule is C=C(C)C(=O)OCC(C)(C)N.C=CC(N)=O. The Bertz CT molecular complexity index is 277. The van der Waals surface area contributed by atoms with Crippen LogP contribution >= 0.6 is 0 Å². The lowest BCUT2D eigenvalue weighted by Crippen LogP contribution is -2.38. The molecule has 1 amide bonds. The molecule has 0 aliphatic rings. The first kappa shape index (κ1) is 16.8. The predicted molar refractivity (Wildman–Crippen MR) is 63.4 cm³/mol. The Morgan fingerprint density at radius 3 is 2.00 bits per heavy atom. The Morgan fingerprint density at radius 1 is 1.44 bits per heavy atom. The van der Waals surface area contributed by atoms with Crippen LogP contribution in [-0.2, 0) is 14.3 Å². The molecule has 92 valence electrons. The van der Waals surface area contributed by atoms with E-state index in [-0.39, 0.29) is 12.6 Å². The van der Waals surface area contributed by atoms with Crippen LogP contribution in [0.5, 0.6) is 0 Å². The van der Waals surface area contributed by atoms with Gasteiger partial charge in [0.05, 0.1) is 0 Å². The molecule has 0 saturated carbocycles. The Morgan fingerprint density at radius 2 is 1.81 bits per heavy atom. The largest absolute Gasteiger partial charge is 0.460 e. The van der Waals surface area contributed by atoms with Crippen molar-refractivity contribution in [3.8, 4) is 0 Å². The second kappa shape index (κ2) is 7.64. The summed E-state index contributed by atoms with van der Waals surface area (Å²) in [5.74, 6) is -0.867. The monoisotopic (exact) mass is 228 g/mol. The first-order valence-electron chi connectivity index (χ1n) is 4.63. The summed E-state index contributed by atoms with van der Waals surface area (Å²) in [6.07, 6.45) is 1.06. The van der Waals surface area contributed by atoms with Gasteiger partial charge in [-0.15, -0.1) is 0 Å². The zero-order chi connectivity index (χ0) is 13.4. The van der Waals surface area contributed by atoms with Crippen molar-refractivity contribution in [3.63, 3.8) is 0 Å². The van der Waals surface area contributed by atoms with Crippen LogP contribution in [0.2, 0.25) is 0 Å². The molecule has 0 heterocycles. The summed E-state index contributed by atoms with van der Waals surface area (Å²) in [6.45, 7) is 11.9. The van der Waals surface area contributed by atoms with Gasteiger partial charge in [0, 0.05) is 11.1 Å². The van der Waals surface area contributed by atoms with E-state index in [2.05, 4.69) is 18.9 Å². The zero-order valence-corrected chi connectivity index (χ0v) is 10.1. The van der Waals surface area contributed by atoms with Crippen molar-refractivity contribution in [2.24, 2.45) is 11.5 Å². The molecule has 0 rings (SSSR count). The van der Waals surface area contributed by atoms with Gasteiger partial charge < -0.3 is 16.2 Å². The van der Waals surface area contributed by atoms with Crippen molar-refractivity contribution in [2.75, 3.05) is 6.61 Å². The number of nitrogens with two attached hydrogens (primary N) is 2. The maximum Gasteiger partial charge on any atom is 0.333 e. The van der Waals surface area contributed by atoms with E-state index < -0.39 is 11.4 Å². The molecule has 0 aromatic heterocycles. The van der Waals surface area contributed by atoms with E-state index in [1.165, 1.54) is 0 Å². The first-order valence-corrected chi connectivity index (χ1v) is 4.63. The number of rotatable bonds is 4. The van der Waals surface area contributed by atoms with Crippen molar-refractivity contribution in [3.05, 3.63) is 24.8 Å². The van der Waals surface area contributed by atoms with Crippen molar-refractivity contribution in [2.45, 2.75) is 26.3 Å². The minimum Gasteiger partial charge on any atom is -0.460 e. The lowest BCUT2D eigenvalue weighted by Gasteiger charge is -2.17. The minimum absolute atomic E-state index is 0.221. The highest BCUT2D eigenvalue weighted by Gasteiger charge is 2.13. The Labute approximate surface area is 96.1 Å². The molecule has 0 bridgehead atoms. The van der Waals surface area contributed by atoms with Crippen LogP contribution < -0.4 is 11.5 Å². The molecule has 0 aromatic rings. The number of hydrogen-bond acceptors (Lipinski definition) is 4. The summed E-state index contributed by atoms with van der Waals surface area (Å²) in [6, 6.07) is 0. The van der Waals surface area contributed by atoms with Crippen LogP contribution in [-0.4, -0.2) is 24.0 Å². The van der Waals surface area contributed by atoms with Gasteiger partial charge in [0.2, 0.25) is 5.91 Å². The normalized spacial score (nSPS) is 9.50. The molecule has 0 radical (unpaired) electrons. The van der Waals surface area contributed by atoms with Crippen molar-refractivity contribution in [1.29, 1.82) is 0 Å². The van der Waals surface area contributed by atoms with Gasteiger partial charge in [-0.3, -0.25) is 4.79 Å². The fraction of sp³-hybridized carbons (Fsp3) is 0.455. The van der Waals surface area contributed by atoms with E-state index in [9.17, 15) is 9.59 Å². The highest BCUT2D eigenvalue weighted by Crippen LogP contribution is 1.99. The number of amides is 1. The average molecular weight is 228 g/mol. The van der Waals surface area contributed by atoms with Gasteiger partial charge in [0.25, 0.3) is 0 Å². The third-order valence-corrected chi connectivity index (χ3v) is 1.12. The number of ether oxygens (including phenoxy) is 1. The molecule has 0 fully saturated rings. The fourth-order valence-corrected chi connectivity index (χ4v) is 0.375. The second-order valence-corrected chi connectivity index (χ2v) is 3.95. The van der Waals surface area contributed by atoms with Crippen LogP contribution in [0.15, 0.2) is 24.8 Å². The number of esters is 1. The van der Waals surface area contributed by atoms with Crippen LogP contribution in [0.4, 0.5) is 0 Å². The maximum atomic E-state index is 10.8. The van der Waals surface area contributed by atoms with Gasteiger partial charge in [-0.05, 0) is 26.8 Å². The highest BCUT2D eigenvalue weighted by atomic mass is 16.5. The third kappa shape index (κ3) is 14.9. The number of carbonyl (C=O) groups is 2. The Balaban J connectivity index is 0. The minimum atomic E-state index is -0.481. The third-order valence-electron chi connectivity index (χ3n) is 1.12. The van der Waals surface area contributed by atoms with E-state index in [0.717, 1.165) is 6.08 Å². The fourth-order valence-electron chi connectivity index (χ4n) is 0.375. The van der Waals surface area contributed by atoms with E-state index in [1.807, 2.05) is 0 Å². The summed E-state index contributed by atoms with van der Waals surface area (Å²) in [5, 5.41) is 0. The molecule has 5 heteroatoms. The predicted octanol–water partition coefficient (Wildman–Crippen LogP) is 0.501. The lowest BCUT2D eigenvalue weighted by atomic mass is 10.1. The topological polar surface area (TPSA) is 95.4 Å². The van der Waals surface area contributed by atoms with Gasteiger partial charge in [0.15, 0.2) is 0 Å². The van der Waals surface area contributed by atoms with Gasteiger partial charge in [0.1, 0.15) is 6.61 Å². The molecular weight excluding hydrogens is 208 g/mol. The smallest absolute Gasteiger partial charge is 0.333 e. The lowest BCUT2D eigenvalue weighted by molar-refractivity contribution is -0.140. The van der Waals surface area contributed by atoms with E-state index in [0.29, 0.717) is 5.57 Å². The molecular formula is C11H20N2O3. The van der Waals surface area contributed by atoms with Gasteiger partial charge in [-0.2, -0.15) is 0 Å². The number of hydrogen-bond donors (Lipinski definition) is 2. The second-order valence-electron chi connectivity index (χ2n) is 3.95. The molecule has 5 nitrogen and oxygen atoms in total. The van der Waals surface area contributed by atoms with Gasteiger partial charge in [-0.1, -0.05) is 13.2 Å². The van der Waals surface area contributed by atoms with Crippen LogP contribution in [0, 0.1) is 0 Å². The molecule has 4 N–H and O–H groups in total. The van der Waals surface area contributed by atoms with Crippen LogP contribution in [0.3, 0.4) is 0 Å². The number of primary amides is 1. The van der Waals surface area contributed by atoms with Gasteiger partial charge in [-0.25, -0.2) is 4.79 Å². The Kier molecular flexibility index (Phi) is 8.02. The zero-order valence-electron chi connectivity index (χ0n) is 10.1. The Hall–Kier alpha value is -1.62.